The van der Waals surface area contributed by atoms with Crippen LogP contribution in [0.5, 0.6) is 0 Å². The Kier molecular flexibility index (Phi) is 3.98. The Labute approximate surface area is 151 Å². The molecule has 0 aliphatic rings. The fraction of sp³-hybridized carbons (Fsp3) is 0. The van der Waals surface area contributed by atoms with Gasteiger partial charge < -0.3 is 0 Å². The van der Waals surface area contributed by atoms with E-state index in [2.05, 4.69) is 21.4 Å². The summed E-state index contributed by atoms with van der Waals surface area (Å²) in [6.07, 6.45) is 0. The lowest BCUT2D eigenvalue weighted by Crippen LogP contribution is -2.11. The van der Waals surface area contributed by atoms with E-state index in [1.807, 2.05) is 29.6 Å². The molecule has 0 saturated heterocycles. The van der Waals surface area contributed by atoms with Crippen molar-refractivity contribution in [1.82, 2.24) is 9.97 Å². The van der Waals surface area contributed by atoms with Gasteiger partial charge >= 0.3 is 0 Å². The van der Waals surface area contributed by atoms with E-state index in [1.165, 1.54) is 22.7 Å². The summed E-state index contributed by atoms with van der Waals surface area (Å²) >= 11 is 2.87. The second kappa shape index (κ2) is 6.43. The monoisotopic (exact) mass is 362 g/mol. The zero-order valence-corrected chi connectivity index (χ0v) is 14.4. The lowest BCUT2D eigenvalue weighted by molar-refractivity contribution is 0.102. The van der Waals surface area contributed by atoms with Crippen LogP contribution in [0.2, 0.25) is 0 Å². The molecule has 2 aromatic carbocycles. The third-order valence-corrected chi connectivity index (χ3v) is 5.18. The molecular formula is C18H10N4OS2. The average Bonchev–Trinajstić information content (AvgIpc) is 3.30. The van der Waals surface area contributed by atoms with Crippen molar-refractivity contribution in [2.24, 2.45) is 0 Å². The number of nitriles is 1. The molecule has 0 aliphatic heterocycles. The first-order valence-electron chi connectivity index (χ1n) is 7.33. The van der Waals surface area contributed by atoms with Crippen molar-refractivity contribution in [2.75, 3.05) is 5.32 Å². The SMILES string of the molecule is N#Cc1ccc(-c2csc(NC(=O)c3ccc4ncsc4c3)n2)cc1. The van der Waals surface area contributed by atoms with E-state index in [0.717, 1.165) is 21.5 Å². The number of aromatic nitrogens is 2. The minimum absolute atomic E-state index is 0.198. The van der Waals surface area contributed by atoms with Gasteiger partial charge in [-0.1, -0.05) is 12.1 Å². The summed E-state index contributed by atoms with van der Waals surface area (Å²) in [6.45, 7) is 0. The van der Waals surface area contributed by atoms with E-state index in [-0.39, 0.29) is 5.91 Å². The summed E-state index contributed by atoms with van der Waals surface area (Å²) in [7, 11) is 0. The molecule has 120 valence electrons. The van der Waals surface area contributed by atoms with Crippen LogP contribution in [-0.2, 0) is 0 Å². The van der Waals surface area contributed by atoms with Crippen LogP contribution in [-0.4, -0.2) is 15.9 Å². The van der Waals surface area contributed by atoms with Gasteiger partial charge in [0, 0.05) is 16.5 Å². The van der Waals surface area contributed by atoms with Crippen molar-refractivity contribution in [3.63, 3.8) is 0 Å². The van der Waals surface area contributed by atoms with Crippen molar-refractivity contribution in [1.29, 1.82) is 5.26 Å². The normalized spacial score (nSPS) is 10.5. The first-order chi connectivity index (χ1) is 12.2. The Morgan fingerprint density at radius 1 is 1.12 bits per heavy atom. The number of carbonyl (C=O) groups is 1. The van der Waals surface area contributed by atoms with Gasteiger partial charge in [-0.3, -0.25) is 10.1 Å². The zero-order valence-electron chi connectivity index (χ0n) is 12.8. The number of amides is 1. The van der Waals surface area contributed by atoms with Gasteiger partial charge in [-0.2, -0.15) is 5.26 Å². The summed E-state index contributed by atoms with van der Waals surface area (Å²) in [5, 5.41) is 14.1. The van der Waals surface area contributed by atoms with Gasteiger partial charge in [0.25, 0.3) is 5.91 Å². The number of rotatable bonds is 3. The van der Waals surface area contributed by atoms with E-state index >= 15 is 0 Å². The molecule has 7 heteroatoms. The topological polar surface area (TPSA) is 78.7 Å². The molecule has 1 amide bonds. The van der Waals surface area contributed by atoms with Gasteiger partial charge in [0.15, 0.2) is 5.13 Å². The molecule has 0 aliphatic carbocycles. The highest BCUT2D eigenvalue weighted by Gasteiger charge is 2.11. The molecule has 2 heterocycles. The molecule has 0 atom stereocenters. The highest BCUT2D eigenvalue weighted by Crippen LogP contribution is 2.26. The maximum atomic E-state index is 12.4. The first kappa shape index (κ1) is 15.4. The number of carbonyl (C=O) groups excluding carboxylic acids is 1. The molecular weight excluding hydrogens is 352 g/mol. The van der Waals surface area contributed by atoms with Gasteiger partial charge in [-0.05, 0) is 30.3 Å². The van der Waals surface area contributed by atoms with Gasteiger partial charge in [-0.25, -0.2) is 9.97 Å². The van der Waals surface area contributed by atoms with E-state index in [0.29, 0.717) is 16.3 Å². The molecule has 0 saturated carbocycles. The fourth-order valence-electron chi connectivity index (χ4n) is 2.34. The second-order valence-corrected chi connectivity index (χ2v) is 6.96. The Hall–Kier alpha value is -3.08. The Morgan fingerprint density at radius 2 is 1.96 bits per heavy atom. The third-order valence-electron chi connectivity index (χ3n) is 3.63. The Balaban J connectivity index is 1.53. The zero-order chi connectivity index (χ0) is 17.2. The van der Waals surface area contributed by atoms with Gasteiger partial charge in [0.1, 0.15) is 0 Å². The van der Waals surface area contributed by atoms with E-state index < -0.39 is 0 Å². The van der Waals surface area contributed by atoms with Crippen LogP contribution in [0.3, 0.4) is 0 Å². The van der Waals surface area contributed by atoms with Crippen LogP contribution in [0.1, 0.15) is 15.9 Å². The van der Waals surface area contributed by atoms with Crippen molar-refractivity contribution in [2.45, 2.75) is 0 Å². The summed E-state index contributed by atoms with van der Waals surface area (Å²) in [5.41, 5.74) is 5.50. The second-order valence-electron chi connectivity index (χ2n) is 5.22. The molecule has 2 aromatic heterocycles. The number of nitrogens with one attached hydrogen (secondary N) is 1. The number of anilines is 1. The number of benzene rings is 2. The van der Waals surface area contributed by atoms with Crippen LogP contribution in [0.4, 0.5) is 5.13 Å². The molecule has 4 aromatic rings. The molecule has 0 bridgehead atoms. The molecule has 25 heavy (non-hydrogen) atoms. The first-order valence-corrected chi connectivity index (χ1v) is 9.09. The smallest absolute Gasteiger partial charge is 0.257 e. The Bertz CT molecular complexity index is 1110. The van der Waals surface area contributed by atoms with Crippen LogP contribution in [0.25, 0.3) is 21.5 Å². The Morgan fingerprint density at radius 3 is 2.76 bits per heavy atom. The minimum Gasteiger partial charge on any atom is -0.298 e. The number of hydrogen-bond acceptors (Lipinski definition) is 6. The molecule has 0 spiro atoms. The van der Waals surface area contributed by atoms with Crippen LogP contribution >= 0.6 is 22.7 Å². The molecule has 4 rings (SSSR count). The lowest BCUT2D eigenvalue weighted by atomic mass is 10.1. The van der Waals surface area contributed by atoms with Crippen molar-refractivity contribution >= 4 is 43.9 Å². The summed E-state index contributed by atoms with van der Waals surface area (Å²) in [5.74, 6) is -0.198. The van der Waals surface area contributed by atoms with Crippen LogP contribution in [0.15, 0.2) is 53.4 Å². The summed E-state index contributed by atoms with van der Waals surface area (Å²) in [6, 6.07) is 14.7. The predicted molar refractivity (Wildman–Crippen MR) is 99.8 cm³/mol. The highest BCUT2D eigenvalue weighted by molar-refractivity contribution is 7.16. The van der Waals surface area contributed by atoms with Gasteiger partial charge in [0.05, 0.1) is 33.1 Å². The quantitative estimate of drug-likeness (QED) is 0.580. The van der Waals surface area contributed by atoms with Crippen LogP contribution in [0, 0.1) is 11.3 Å². The lowest BCUT2D eigenvalue weighted by Gasteiger charge is -2.01. The standard InChI is InChI=1S/C18H10N4OS2/c19-8-11-1-3-12(4-2-11)15-9-24-18(21-15)22-17(23)13-5-6-14-16(7-13)25-10-20-14/h1-7,9-10H,(H,21,22,23). The predicted octanol–water partition coefficient (Wildman–Crippen LogP) is 4.54. The third kappa shape index (κ3) is 3.13. The average molecular weight is 362 g/mol. The van der Waals surface area contributed by atoms with E-state index in [4.69, 9.17) is 5.26 Å². The number of fused-ring (bicyclic) bond motifs is 1. The maximum Gasteiger partial charge on any atom is 0.257 e. The summed E-state index contributed by atoms with van der Waals surface area (Å²) < 4.78 is 0.977. The fourth-order valence-corrected chi connectivity index (χ4v) is 3.78. The van der Waals surface area contributed by atoms with E-state index in [9.17, 15) is 4.79 Å². The van der Waals surface area contributed by atoms with Gasteiger partial charge in [-0.15, -0.1) is 22.7 Å². The molecule has 0 radical (unpaired) electrons. The number of hydrogen-bond donors (Lipinski definition) is 1. The van der Waals surface area contributed by atoms with Gasteiger partial charge in [0.2, 0.25) is 0 Å². The molecule has 1 N–H and O–H groups in total. The molecule has 0 fully saturated rings. The summed E-state index contributed by atoms with van der Waals surface area (Å²) in [4.78, 5) is 21.1. The van der Waals surface area contributed by atoms with E-state index in [1.54, 1.807) is 23.7 Å². The number of thiazole rings is 2. The van der Waals surface area contributed by atoms with Crippen molar-refractivity contribution in [3.8, 4) is 17.3 Å². The molecule has 0 unspecified atom stereocenters. The number of nitrogens with zero attached hydrogens (tertiary/aromatic N) is 3. The molecule has 5 nitrogen and oxygen atoms in total. The maximum absolute atomic E-state index is 12.4. The van der Waals surface area contributed by atoms with Crippen LogP contribution < -0.4 is 5.32 Å². The van der Waals surface area contributed by atoms with Crippen molar-refractivity contribution < 1.29 is 4.79 Å². The van der Waals surface area contributed by atoms with Crippen molar-refractivity contribution in [3.05, 3.63) is 64.5 Å². The highest BCUT2D eigenvalue weighted by atomic mass is 32.1. The largest absolute Gasteiger partial charge is 0.298 e. The minimum atomic E-state index is -0.198.